The first-order valence-corrected chi connectivity index (χ1v) is 11.7. The molecule has 0 spiro atoms. The largest absolute Gasteiger partial charge is 0.375 e. The summed E-state index contributed by atoms with van der Waals surface area (Å²) in [5.74, 6) is 0.542. The predicted molar refractivity (Wildman–Crippen MR) is 133 cm³/mol. The number of imidazole rings is 1. The van der Waals surface area contributed by atoms with Gasteiger partial charge in [-0.3, -0.25) is 0 Å². The summed E-state index contributed by atoms with van der Waals surface area (Å²) in [4.78, 5) is 17.6. The summed E-state index contributed by atoms with van der Waals surface area (Å²) < 4.78 is 7.23. The zero-order valence-electron chi connectivity index (χ0n) is 18.3. The van der Waals surface area contributed by atoms with E-state index in [0.29, 0.717) is 31.1 Å². The minimum Gasteiger partial charge on any atom is -0.375 e. The van der Waals surface area contributed by atoms with E-state index in [1.807, 2.05) is 36.4 Å². The van der Waals surface area contributed by atoms with Crippen molar-refractivity contribution in [1.29, 1.82) is 5.26 Å². The van der Waals surface area contributed by atoms with Gasteiger partial charge in [0.05, 0.1) is 47.8 Å². The molecule has 3 aromatic heterocycles. The highest BCUT2D eigenvalue weighted by molar-refractivity contribution is 7.22. The number of anilines is 1. The zero-order valence-corrected chi connectivity index (χ0v) is 19.1. The van der Waals surface area contributed by atoms with E-state index in [4.69, 9.17) is 9.72 Å². The smallest absolute Gasteiger partial charge is 0.223 e. The Bertz CT molecular complexity index is 1390. The summed E-state index contributed by atoms with van der Waals surface area (Å²) >= 11 is 1.71. The molecule has 0 radical (unpaired) electrons. The standard InChI is InChI=1S/C26H22N6OS/c27-13-19-6-1-2-7-20(19)15-33-16-22(12-21-14-28-17-30-21)31-26-29-10-9-23(32-26)25-11-18-5-3-4-8-24(18)34-25/h1-11,14,17,22H,12,15-16H2,(H,28,30)(H,29,31,32). The summed E-state index contributed by atoms with van der Waals surface area (Å²) in [5, 5.41) is 13.9. The second kappa shape index (κ2) is 10.3. The van der Waals surface area contributed by atoms with E-state index in [0.717, 1.165) is 21.8 Å². The van der Waals surface area contributed by atoms with Gasteiger partial charge in [-0.2, -0.15) is 5.26 Å². The number of nitrogens with one attached hydrogen (secondary N) is 2. The number of hydrogen-bond donors (Lipinski definition) is 2. The van der Waals surface area contributed by atoms with Crippen LogP contribution in [0.3, 0.4) is 0 Å². The number of hydrogen-bond acceptors (Lipinski definition) is 7. The number of aromatic amines is 1. The van der Waals surface area contributed by atoms with Crippen molar-refractivity contribution in [2.45, 2.75) is 19.1 Å². The van der Waals surface area contributed by atoms with E-state index in [1.165, 1.54) is 10.1 Å². The van der Waals surface area contributed by atoms with Crippen molar-refractivity contribution in [1.82, 2.24) is 19.9 Å². The van der Waals surface area contributed by atoms with Crippen LogP contribution in [-0.2, 0) is 17.8 Å². The lowest BCUT2D eigenvalue weighted by Crippen LogP contribution is -2.29. The molecule has 168 valence electrons. The summed E-state index contributed by atoms with van der Waals surface area (Å²) in [7, 11) is 0. The van der Waals surface area contributed by atoms with E-state index in [1.54, 1.807) is 36.1 Å². The van der Waals surface area contributed by atoms with Gasteiger partial charge < -0.3 is 15.0 Å². The second-order valence-electron chi connectivity index (χ2n) is 7.82. The maximum atomic E-state index is 9.31. The average molecular weight is 467 g/mol. The fourth-order valence-electron chi connectivity index (χ4n) is 3.74. The van der Waals surface area contributed by atoms with Crippen LogP contribution in [0.1, 0.15) is 16.8 Å². The molecular formula is C26H22N6OS. The molecular weight excluding hydrogens is 444 g/mol. The molecule has 0 aliphatic carbocycles. The molecule has 0 aliphatic rings. The number of rotatable bonds is 9. The van der Waals surface area contributed by atoms with Crippen LogP contribution in [0.5, 0.6) is 0 Å². The van der Waals surface area contributed by atoms with Gasteiger partial charge >= 0.3 is 0 Å². The Balaban J connectivity index is 1.31. The normalized spacial score (nSPS) is 11.9. The molecule has 2 N–H and O–H groups in total. The van der Waals surface area contributed by atoms with Crippen LogP contribution in [0, 0.1) is 11.3 Å². The highest BCUT2D eigenvalue weighted by atomic mass is 32.1. The van der Waals surface area contributed by atoms with Gasteiger partial charge in [0.1, 0.15) is 0 Å². The van der Waals surface area contributed by atoms with Crippen molar-refractivity contribution in [3.8, 4) is 16.6 Å². The minimum atomic E-state index is -0.0904. The van der Waals surface area contributed by atoms with Gasteiger partial charge in [-0.25, -0.2) is 15.0 Å². The van der Waals surface area contributed by atoms with Crippen LogP contribution in [0.2, 0.25) is 0 Å². The van der Waals surface area contributed by atoms with Gasteiger partial charge in [-0.15, -0.1) is 11.3 Å². The first-order valence-electron chi connectivity index (χ1n) is 10.9. The number of fused-ring (bicyclic) bond motifs is 1. The molecule has 5 rings (SSSR count). The van der Waals surface area contributed by atoms with Crippen LogP contribution in [0.25, 0.3) is 20.7 Å². The van der Waals surface area contributed by atoms with Crippen molar-refractivity contribution in [3.05, 3.63) is 96.2 Å². The number of H-pyrrole nitrogens is 1. The molecule has 5 aromatic rings. The highest BCUT2D eigenvalue weighted by Crippen LogP contribution is 2.32. The molecule has 3 heterocycles. The van der Waals surface area contributed by atoms with Gasteiger partial charge in [0.25, 0.3) is 0 Å². The minimum absolute atomic E-state index is 0.0904. The van der Waals surface area contributed by atoms with Crippen LogP contribution < -0.4 is 5.32 Å². The predicted octanol–water partition coefficient (Wildman–Crippen LogP) is 5.19. The molecule has 0 aliphatic heterocycles. The summed E-state index contributed by atoms with van der Waals surface area (Å²) in [6, 6.07) is 22.0. The molecule has 8 heteroatoms. The Hall–Kier alpha value is -4.06. The third-order valence-electron chi connectivity index (χ3n) is 5.40. The number of aromatic nitrogens is 4. The average Bonchev–Trinajstić information content (AvgIpc) is 3.54. The summed E-state index contributed by atoms with van der Waals surface area (Å²) in [5.41, 5.74) is 3.36. The lowest BCUT2D eigenvalue weighted by Gasteiger charge is -2.19. The molecule has 1 atom stereocenters. The molecule has 0 amide bonds. The van der Waals surface area contributed by atoms with Gasteiger partial charge in [0.2, 0.25) is 5.95 Å². The maximum absolute atomic E-state index is 9.31. The Morgan fingerprint density at radius 2 is 2.00 bits per heavy atom. The molecule has 7 nitrogen and oxygen atoms in total. The first kappa shape index (κ1) is 21.8. The van der Waals surface area contributed by atoms with Gasteiger partial charge in [0.15, 0.2) is 0 Å². The van der Waals surface area contributed by atoms with Gasteiger partial charge in [0, 0.05) is 29.2 Å². The summed E-state index contributed by atoms with van der Waals surface area (Å²) in [6.07, 6.45) is 5.89. The molecule has 0 fully saturated rings. The van der Waals surface area contributed by atoms with Crippen LogP contribution in [-0.4, -0.2) is 32.6 Å². The van der Waals surface area contributed by atoms with E-state index >= 15 is 0 Å². The SMILES string of the molecule is N#Cc1ccccc1COCC(Cc1cnc[nH]1)Nc1nccc(-c2cc3ccccc3s2)n1. The van der Waals surface area contributed by atoms with Gasteiger partial charge in [-0.05, 0) is 35.2 Å². The molecule has 0 bridgehead atoms. The van der Waals surface area contributed by atoms with Crippen molar-refractivity contribution in [2.24, 2.45) is 0 Å². The lowest BCUT2D eigenvalue weighted by molar-refractivity contribution is 0.111. The van der Waals surface area contributed by atoms with E-state index in [2.05, 4.69) is 44.5 Å². The monoisotopic (exact) mass is 466 g/mol. The maximum Gasteiger partial charge on any atom is 0.223 e. The number of ether oxygens (including phenoxy) is 1. The lowest BCUT2D eigenvalue weighted by atomic mass is 10.1. The van der Waals surface area contributed by atoms with Gasteiger partial charge in [-0.1, -0.05) is 36.4 Å². The van der Waals surface area contributed by atoms with E-state index in [9.17, 15) is 5.26 Å². The van der Waals surface area contributed by atoms with Crippen molar-refractivity contribution >= 4 is 27.4 Å². The first-order chi connectivity index (χ1) is 16.8. The Labute approximate surface area is 201 Å². The zero-order chi connectivity index (χ0) is 23.2. The number of thiophene rings is 1. The van der Waals surface area contributed by atoms with Crippen LogP contribution >= 0.6 is 11.3 Å². The molecule has 1 unspecified atom stereocenters. The third-order valence-corrected chi connectivity index (χ3v) is 6.54. The molecule has 34 heavy (non-hydrogen) atoms. The Morgan fingerprint density at radius 1 is 1.12 bits per heavy atom. The number of benzene rings is 2. The number of nitriles is 1. The molecule has 0 saturated heterocycles. The van der Waals surface area contributed by atoms with Crippen molar-refractivity contribution in [3.63, 3.8) is 0 Å². The van der Waals surface area contributed by atoms with E-state index in [-0.39, 0.29) is 6.04 Å². The van der Waals surface area contributed by atoms with Crippen LogP contribution in [0.15, 0.2) is 79.4 Å². The Kier molecular flexibility index (Phi) is 6.56. The van der Waals surface area contributed by atoms with Crippen molar-refractivity contribution in [2.75, 3.05) is 11.9 Å². The third kappa shape index (κ3) is 5.12. The fourth-order valence-corrected chi connectivity index (χ4v) is 4.77. The summed E-state index contributed by atoms with van der Waals surface area (Å²) in [6.45, 7) is 0.767. The Morgan fingerprint density at radius 3 is 2.85 bits per heavy atom. The molecule has 0 saturated carbocycles. The number of nitrogens with zero attached hydrogens (tertiary/aromatic N) is 4. The topological polar surface area (TPSA) is 99.5 Å². The molecule has 2 aromatic carbocycles. The van der Waals surface area contributed by atoms with Crippen LogP contribution in [0.4, 0.5) is 5.95 Å². The van der Waals surface area contributed by atoms with Crippen molar-refractivity contribution < 1.29 is 4.74 Å². The van der Waals surface area contributed by atoms with E-state index < -0.39 is 0 Å². The quantitative estimate of drug-likeness (QED) is 0.310. The second-order valence-corrected chi connectivity index (χ2v) is 8.90. The highest BCUT2D eigenvalue weighted by Gasteiger charge is 2.15. The fraction of sp³-hybridized carbons (Fsp3) is 0.154.